The average Bonchev–Trinajstić information content (AvgIpc) is 1.89. The van der Waals surface area contributed by atoms with Gasteiger partial charge in [0.05, 0.1) is 0 Å². The molecule has 0 aliphatic rings. The average molecular weight is 159 g/mol. The third-order valence-electron chi connectivity index (χ3n) is 0.744. The number of nitrogens with two attached hydrogens (primary N) is 1. The van der Waals surface area contributed by atoms with Crippen LogP contribution in [0.3, 0.4) is 0 Å². The zero-order chi connectivity index (χ0) is 9.44. The summed E-state index contributed by atoms with van der Waals surface area (Å²) in [6.07, 6.45) is 0.833. The van der Waals surface area contributed by atoms with Crippen molar-refractivity contribution in [2.24, 2.45) is 11.7 Å². The highest BCUT2D eigenvalue weighted by molar-refractivity contribution is 5.78. The maximum Gasteiger partial charge on any atom is 0.327 e. The van der Waals surface area contributed by atoms with Crippen molar-refractivity contribution < 1.29 is 14.7 Å². The van der Waals surface area contributed by atoms with Gasteiger partial charge in [-0.1, -0.05) is 20.4 Å². The van der Waals surface area contributed by atoms with Crippen LogP contribution in [0.15, 0.2) is 12.7 Å². The van der Waals surface area contributed by atoms with E-state index in [9.17, 15) is 9.59 Å². The van der Waals surface area contributed by atoms with Gasteiger partial charge in [-0.3, -0.25) is 4.79 Å². The molecule has 0 aromatic carbocycles. The predicted octanol–water partition coefficient (Wildman–Crippen LogP) is 0.385. The van der Waals surface area contributed by atoms with Gasteiger partial charge in [0, 0.05) is 12.0 Å². The van der Waals surface area contributed by atoms with Crippen LogP contribution in [0, 0.1) is 5.92 Å². The number of primary amides is 1. The minimum atomic E-state index is -0.981. The van der Waals surface area contributed by atoms with E-state index in [1.54, 1.807) is 13.8 Å². The molecule has 0 spiro atoms. The summed E-state index contributed by atoms with van der Waals surface area (Å²) < 4.78 is 0. The Kier molecular flexibility index (Phi) is 7.64. The second-order valence-electron chi connectivity index (χ2n) is 2.10. The highest BCUT2D eigenvalue weighted by Crippen LogP contribution is 1.84. The summed E-state index contributed by atoms with van der Waals surface area (Å²) in [4.78, 5) is 19.2. The topological polar surface area (TPSA) is 80.4 Å². The number of rotatable bonds is 2. The number of hydrogen-bond acceptors (Lipinski definition) is 2. The first-order valence-corrected chi connectivity index (χ1v) is 3.06. The minimum absolute atomic E-state index is 0.00926. The van der Waals surface area contributed by atoms with Crippen molar-refractivity contribution in [3.05, 3.63) is 12.7 Å². The number of amides is 1. The van der Waals surface area contributed by atoms with Crippen LogP contribution >= 0.6 is 0 Å². The van der Waals surface area contributed by atoms with Crippen molar-refractivity contribution >= 4 is 11.9 Å². The van der Waals surface area contributed by atoms with Gasteiger partial charge in [-0.25, -0.2) is 4.79 Å². The molecule has 1 amide bonds. The van der Waals surface area contributed by atoms with Crippen LogP contribution in [-0.4, -0.2) is 17.0 Å². The molecule has 3 N–H and O–H groups in total. The van der Waals surface area contributed by atoms with E-state index >= 15 is 0 Å². The molecule has 0 aromatic rings. The molecule has 0 fully saturated rings. The van der Waals surface area contributed by atoms with E-state index in [1.165, 1.54) is 0 Å². The van der Waals surface area contributed by atoms with Crippen LogP contribution in [0.4, 0.5) is 0 Å². The van der Waals surface area contributed by atoms with Gasteiger partial charge in [0.2, 0.25) is 5.91 Å². The Morgan fingerprint density at radius 3 is 1.73 bits per heavy atom. The molecular formula is C7H13NO3. The van der Waals surface area contributed by atoms with Gasteiger partial charge in [0.25, 0.3) is 0 Å². The molecule has 0 rings (SSSR count). The molecule has 0 aromatic heterocycles. The zero-order valence-corrected chi connectivity index (χ0v) is 6.70. The van der Waals surface area contributed by atoms with E-state index in [-0.39, 0.29) is 11.8 Å². The van der Waals surface area contributed by atoms with E-state index in [1.807, 2.05) is 0 Å². The van der Waals surface area contributed by atoms with Gasteiger partial charge in [-0.2, -0.15) is 0 Å². The normalized spacial score (nSPS) is 7.91. The van der Waals surface area contributed by atoms with Crippen LogP contribution in [0.25, 0.3) is 0 Å². The Bertz CT molecular complexity index is 152. The SMILES string of the molecule is C=CC(=O)O.CC(C)C(N)=O. The third kappa shape index (κ3) is 17.7. The van der Waals surface area contributed by atoms with Crippen molar-refractivity contribution in [2.45, 2.75) is 13.8 Å². The van der Waals surface area contributed by atoms with E-state index in [2.05, 4.69) is 6.58 Å². The largest absolute Gasteiger partial charge is 0.478 e. The van der Waals surface area contributed by atoms with Crippen LogP contribution < -0.4 is 5.73 Å². The molecule has 0 saturated carbocycles. The molecule has 4 nitrogen and oxygen atoms in total. The van der Waals surface area contributed by atoms with Gasteiger partial charge in [0.1, 0.15) is 0 Å². The van der Waals surface area contributed by atoms with Crippen LogP contribution in [0.5, 0.6) is 0 Å². The lowest BCUT2D eigenvalue weighted by Gasteiger charge is -1.90. The molecule has 4 heteroatoms. The van der Waals surface area contributed by atoms with Crippen molar-refractivity contribution in [2.75, 3.05) is 0 Å². The second kappa shape index (κ2) is 6.80. The molecule has 0 radical (unpaired) electrons. The summed E-state index contributed by atoms with van der Waals surface area (Å²) in [7, 11) is 0. The summed E-state index contributed by atoms with van der Waals surface area (Å²) in [6, 6.07) is 0. The van der Waals surface area contributed by atoms with Crippen molar-refractivity contribution in [3.63, 3.8) is 0 Å². The van der Waals surface area contributed by atoms with Crippen LogP contribution in [-0.2, 0) is 9.59 Å². The highest BCUT2D eigenvalue weighted by atomic mass is 16.4. The van der Waals surface area contributed by atoms with E-state index in [0.29, 0.717) is 0 Å². The highest BCUT2D eigenvalue weighted by Gasteiger charge is 1.96. The van der Waals surface area contributed by atoms with Crippen LogP contribution in [0.1, 0.15) is 13.8 Å². The number of carbonyl (C=O) groups excluding carboxylic acids is 1. The Labute approximate surface area is 65.7 Å². The van der Waals surface area contributed by atoms with E-state index in [4.69, 9.17) is 10.8 Å². The molecule has 0 unspecified atom stereocenters. The smallest absolute Gasteiger partial charge is 0.327 e. The van der Waals surface area contributed by atoms with E-state index in [0.717, 1.165) is 6.08 Å². The van der Waals surface area contributed by atoms with Gasteiger partial charge in [0.15, 0.2) is 0 Å². The summed E-state index contributed by atoms with van der Waals surface area (Å²) in [5, 5.41) is 7.60. The quantitative estimate of drug-likeness (QED) is 0.572. The maximum atomic E-state index is 9.92. The Balaban J connectivity index is 0. The van der Waals surface area contributed by atoms with Gasteiger partial charge < -0.3 is 10.8 Å². The molecule has 0 aliphatic heterocycles. The Hall–Kier alpha value is -1.32. The van der Waals surface area contributed by atoms with E-state index < -0.39 is 5.97 Å². The summed E-state index contributed by atoms with van der Waals surface area (Å²) in [5.74, 6) is -1.23. The first-order valence-electron chi connectivity index (χ1n) is 3.06. The van der Waals surface area contributed by atoms with Gasteiger partial charge >= 0.3 is 5.97 Å². The predicted molar refractivity (Wildman–Crippen MR) is 41.9 cm³/mol. The fourth-order valence-electron chi connectivity index (χ4n) is 0. The van der Waals surface area contributed by atoms with Gasteiger partial charge in [-0.15, -0.1) is 0 Å². The first-order chi connectivity index (χ1) is 4.91. The number of aliphatic carboxylic acids is 1. The fraction of sp³-hybridized carbons (Fsp3) is 0.429. The van der Waals surface area contributed by atoms with Crippen molar-refractivity contribution in [1.29, 1.82) is 0 Å². The third-order valence-corrected chi connectivity index (χ3v) is 0.744. The molecular weight excluding hydrogens is 146 g/mol. The maximum absolute atomic E-state index is 9.92. The second-order valence-corrected chi connectivity index (χ2v) is 2.10. The molecule has 0 saturated heterocycles. The molecule has 0 aliphatic carbocycles. The lowest BCUT2D eigenvalue weighted by molar-refractivity contribution is -0.131. The monoisotopic (exact) mass is 159 g/mol. The number of carboxylic acids is 1. The summed E-state index contributed by atoms with van der Waals surface area (Å²) >= 11 is 0. The molecule has 64 valence electrons. The summed E-state index contributed by atoms with van der Waals surface area (Å²) in [5.41, 5.74) is 4.80. The first kappa shape index (κ1) is 12.4. The lowest BCUT2D eigenvalue weighted by Crippen LogP contribution is -2.17. The number of carboxylic acid groups (broad SMARTS) is 1. The molecule has 0 atom stereocenters. The van der Waals surface area contributed by atoms with Crippen molar-refractivity contribution in [1.82, 2.24) is 0 Å². The molecule has 0 heterocycles. The minimum Gasteiger partial charge on any atom is -0.478 e. The molecule has 11 heavy (non-hydrogen) atoms. The summed E-state index contributed by atoms with van der Waals surface area (Å²) in [6.45, 7) is 6.49. The van der Waals surface area contributed by atoms with Gasteiger partial charge in [-0.05, 0) is 0 Å². The lowest BCUT2D eigenvalue weighted by atomic mass is 10.2. The Morgan fingerprint density at radius 2 is 1.73 bits per heavy atom. The number of carbonyl (C=O) groups is 2. The molecule has 0 bridgehead atoms. The van der Waals surface area contributed by atoms with Crippen molar-refractivity contribution in [3.8, 4) is 0 Å². The fourth-order valence-corrected chi connectivity index (χ4v) is 0. The zero-order valence-electron chi connectivity index (χ0n) is 6.70. The standard InChI is InChI=1S/C4H9NO.C3H4O2/c1-3(2)4(5)6;1-2-3(4)5/h3H,1-2H3,(H2,5,6);2H,1H2,(H,4,5). The Morgan fingerprint density at radius 1 is 1.55 bits per heavy atom. The van der Waals surface area contributed by atoms with Crippen LogP contribution in [0.2, 0.25) is 0 Å². The number of hydrogen-bond donors (Lipinski definition) is 2.